The third-order valence-electron chi connectivity index (χ3n) is 1.42. The van der Waals surface area contributed by atoms with E-state index in [1.807, 2.05) is 0 Å². The minimum atomic E-state index is -2.42. The van der Waals surface area contributed by atoms with Gasteiger partial charge in [-0.25, -0.2) is 0 Å². The van der Waals surface area contributed by atoms with E-state index in [1.54, 1.807) is 0 Å². The van der Waals surface area contributed by atoms with Gasteiger partial charge >= 0.3 is 0 Å². The Hall–Kier alpha value is 0.150. The SMILES string of the molecule is NC(C1CC1)[PH](=O)O. The molecule has 4 heteroatoms. The van der Waals surface area contributed by atoms with E-state index in [2.05, 4.69) is 0 Å². The molecule has 1 saturated carbocycles. The summed E-state index contributed by atoms with van der Waals surface area (Å²) in [4.78, 5) is 8.45. The van der Waals surface area contributed by atoms with Crippen molar-refractivity contribution in [3.63, 3.8) is 0 Å². The molecular weight excluding hydrogens is 125 g/mol. The first kappa shape index (κ1) is 6.27. The molecule has 0 saturated heterocycles. The van der Waals surface area contributed by atoms with E-state index < -0.39 is 13.8 Å². The lowest BCUT2D eigenvalue weighted by Crippen LogP contribution is -2.16. The summed E-state index contributed by atoms with van der Waals surface area (Å²) >= 11 is 0. The monoisotopic (exact) mass is 135 g/mol. The van der Waals surface area contributed by atoms with Crippen LogP contribution in [0.1, 0.15) is 12.8 Å². The van der Waals surface area contributed by atoms with Gasteiger partial charge < -0.3 is 10.6 Å². The molecule has 0 heterocycles. The summed E-state index contributed by atoms with van der Waals surface area (Å²) in [5, 5.41) is 0. The van der Waals surface area contributed by atoms with Crippen molar-refractivity contribution in [3.05, 3.63) is 0 Å². The standard InChI is InChI=1S/C4H10NO2P/c5-4(8(6)7)3-1-2-3/h3-4,8H,1-2,5H2,(H,6,7). The lowest BCUT2D eigenvalue weighted by Gasteiger charge is -2.01. The number of nitrogens with two attached hydrogens (primary N) is 1. The highest BCUT2D eigenvalue weighted by Gasteiger charge is 2.31. The molecule has 3 N–H and O–H groups in total. The molecule has 8 heavy (non-hydrogen) atoms. The van der Waals surface area contributed by atoms with Gasteiger partial charge in [-0.15, -0.1) is 0 Å². The minimum Gasteiger partial charge on any atom is -0.345 e. The Kier molecular flexibility index (Phi) is 1.71. The predicted octanol–water partition coefficient (Wildman–Crippen LogP) is 0.148. The second-order valence-electron chi connectivity index (χ2n) is 2.20. The summed E-state index contributed by atoms with van der Waals surface area (Å²) in [6.07, 6.45) is 2.08. The summed E-state index contributed by atoms with van der Waals surface area (Å²) in [6, 6.07) is 0. The van der Waals surface area contributed by atoms with Crippen LogP contribution in [-0.2, 0) is 4.57 Å². The summed E-state index contributed by atoms with van der Waals surface area (Å²) in [6.45, 7) is 0. The van der Waals surface area contributed by atoms with E-state index >= 15 is 0 Å². The zero-order valence-electron chi connectivity index (χ0n) is 4.50. The van der Waals surface area contributed by atoms with E-state index in [9.17, 15) is 4.57 Å². The third kappa shape index (κ3) is 1.31. The fourth-order valence-electron chi connectivity index (χ4n) is 0.657. The lowest BCUT2D eigenvalue weighted by atomic mass is 10.4. The van der Waals surface area contributed by atoms with Crippen LogP contribution in [0.3, 0.4) is 0 Å². The molecule has 0 spiro atoms. The van der Waals surface area contributed by atoms with Gasteiger partial charge in [0, 0.05) is 0 Å². The Morgan fingerprint density at radius 2 is 2.25 bits per heavy atom. The van der Waals surface area contributed by atoms with Gasteiger partial charge in [0.05, 0.1) is 5.78 Å². The molecule has 1 fully saturated rings. The molecule has 0 aromatic carbocycles. The fraction of sp³-hybridized carbons (Fsp3) is 1.00. The van der Waals surface area contributed by atoms with E-state index in [-0.39, 0.29) is 0 Å². The van der Waals surface area contributed by atoms with Crippen molar-refractivity contribution < 1.29 is 9.46 Å². The molecule has 2 atom stereocenters. The molecule has 0 radical (unpaired) electrons. The maximum atomic E-state index is 10.2. The molecule has 0 aliphatic heterocycles. The number of hydrogen-bond acceptors (Lipinski definition) is 2. The maximum absolute atomic E-state index is 10.2. The van der Waals surface area contributed by atoms with E-state index in [0.29, 0.717) is 5.92 Å². The van der Waals surface area contributed by atoms with E-state index in [0.717, 1.165) is 12.8 Å². The van der Waals surface area contributed by atoms with Crippen molar-refractivity contribution in [1.29, 1.82) is 0 Å². The lowest BCUT2D eigenvalue weighted by molar-refractivity contribution is 0.482. The van der Waals surface area contributed by atoms with Crippen molar-refractivity contribution in [2.24, 2.45) is 11.7 Å². The molecule has 2 unspecified atom stereocenters. The van der Waals surface area contributed by atoms with Crippen molar-refractivity contribution in [1.82, 2.24) is 0 Å². The fourth-order valence-corrected chi connectivity index (χ4v) is 1.39. The second kappa shape index (κ2) is 2.18. The molecule has 3 nitrogen and oxygen atoms in total. The highest BCUT2D eigenvalue weighted by atomic mass is 31.1. The second-order valence-corrected chi connectivity index (χ2v) is 3.54. The summed E-state index contributed by atoms with van der Waals surface area (Å²) in [5.41, 5.74) is 5.30. The van der Waals surface area contributed by atoms with Crippen molar-refractivity contribution >= 4 is 8.03 Å². The Labute approximate surface area is 48.8 Å². The normalized spacial score (nSPS) is 27.2. The van der Waals surface area contributed by atoms with E-state index in [1.165, 1.54) is 0 Å². The van der Waals surface area contributed by atoms with Crippen LogP contribution in [0.2, 0.25) is 0 Å². The van der Waals surface area contributed by atoms with Crippen molar-refractivity contribution in [2.45, 2.75) is 18.6 Å². The topological polar surface area (TPSA) is 63.3 Å². The molecule has 1 aliphatic carbocycles. The summed E-state index contributed by atoms with van der Waals surface area (Å²) < 4.78 is 10.2. The van der Waals surface area contributed by atoms with Crippen LogP contribution in [0.5, 0.6) is 0 Å². The van der Waals surface area contributed by atoms with Gasteiger partial charge in [0.25, 0.3) is 0 Å². The Balaban J connectivity index is 2.32. The third-order valence-corrected chi connectivity index (χ3v) is 2.46. The van der Waals surface area contributed by atoms with E-state index in [4.69, 9.17) is 10.6 Å². The molecule has 48 valence electrons. The van der Waals surface area contributed by atoms with Gasteiger partial charge in [0.2, 0.25) is 8.03 Å². The van der Waals surface area contributed by atoms with Crippen LogP contribution >= 0.6 is 8.03 Å². The van der Waals surface area contributed by atoms with Crippen LogP contribution in [0.4, 0.5) is 0 Å². The van der Waals surface area contributed by atoms with Gasteiger partial charge in [-0.3, -0.25) is 4.57 Å². The van der Waals surface area contributed by atoms with Crippen LogP contribution in [0.25, 0.3) is 0 Å². The first-order chi connectivity index (χ1) is 3.72. The highest BCUT2D eigenvalue weighted by Crippen LogP contribution is 2.40. The van der Waals surface area contributed by atoms with Crippen LogP contribution in [-0.4, -0.2) is 10.7 Å². The summed E-state index contributed by atoms with van der Waals surface area (Å²) in [7, 11) is -2.42. The van der Waals surface area contributed by atoms with Crippen molar-refractivity contribution in [2.75, 3.05) is 0 Å². The zero-order valence-corrected chi connectivity index (χ0v) is 5.50. The molecule has 1 rings (SSSR count). The molecule has 0 aromatic rings. The summed E-state index contributed by atoms with van der Waals surface area (Å²) in [5.74, 6) is -0.0635. The van der Waals surface area contributed by atoms with Gasteiger partial charge in [-0.05, 0) is 18.8 Å². The van der Waals surface area contributed by atoms with Gasteiger partial charge in [0.1, 0.15) is 0 Å². The molecule has 0 amide bonds. The molecule has 1 aliphatic rings. The Bertz CT molecular complexity index is 113. The quantitative estimate of drug-likeness (QED) is 0.529. The van der Waals surface area contributed by atoms with Crippen LogP contribution in [0.15, 0.2) is 0 Å². The first-order valence-electron chi connectivity index (χ1n) is 2.70. The maximum Gasteiger partial charge on any atom is 0.205 e. The molecule has 0 aromatic heterocycles. The average Bonchev–Trinajstić information content (AvgIpc) is 2.43. The molecular formula is C4H10NO2P. The average molecular weight is 135 g/mol. The van der Waals surface area contributed by atoms with Crippen molar-refractivity contribution in [3.8, 4) is 0 Å². The number of rotatable bonds is 2. The van der Waals surface area contributed by atoms with Gasteiger partial charge in [0.15, 0.2) is 0 Å². The first-order valence-corrected chi connectivity index (χ1v) is 4.13. The smallest absolute Gasteiger partial charge is 0.205 e. The molecule has 0 bridgehead atoms. The van der Waals surface area contributed by atoms with Crippen LogP contribution < -0.4 is 5.73 Å². The predicted molar refractivity (Wildman–Crippen MR) is 31.9 cm³/mol. The van der Waals surface area contributed by atoms with Crippen LogP contribution in [0, 0.1) is 5.92 Å². The number of hydrogen-bond donors (Lipinski definition) is 2. The zero-order chi connectivity index (χ0) is 6.15. The largest absolute Gasteiger partial charge is 0.345 e. The Morgan fingerprint density at radius 1 is 1.75 bits per heavy atom. The Morgan fingerprint density at radius 3 is 2.38 bits per heavy atom. The highest BCUT2D eigenvalue weighted by molar-refractivity contribution is 7.38. The minimum absolute atomic E-state index is 0.353. The van der Waals surface area contributed by atoms with Gasteiger partial charge in [-0.1, -0.05) is 0 Å². The van der Waals surface area contributed by atoms with Gasteiger partial charge in [-0.2, -0.15) is 0 Å².